The fourth-order valence-electron chi connectivity index (χ4n) is 2.12. The number of carbonyl (C=O) groups is 1. The first-order valence-electron chi connectivity index (χ1n) is 5.37. The molecule has 1 aromatic rings. The Labute approximate surface area is 94.0 Å². The maximum absolute atomic E-state index is 12.8. The van der Waals surface area contributed by atoms with Crippen molar-refractivity contribution in [1.82, 2.24) is 9.88 Å². The lowest BCUT2D eigenvalue weighted by molar-refractivity contribution is 0.0742. The van der Waals surface area contributed by atoms with Gasteiger partial charge in [-0.2, -0.15) is 0 Å². The molecule has 1 N–H and O–H groups in total. The van der Waals surface area contributed by atoms with Gasteiger partial charge in [-0.15, -0.1) is 0 Å². The summed E-state index contributed by atoms with van der Waals surface area (Å²) in [6, 6.07) is 1.24. The Morgan fingerprint density at radius 1 is 1.62 bits per heavy atom. The van der Waals surface area contributed by atoms with Gasteiger partial charge in [-0.1, -0.05) is 18.6 Å². The normalized spacial score (nSPS) is 20.8. The fourth-order valence-corrected chi connectivity index (χ4v) is 2.12. The second-order valence-corrected chi connectivity index (χ2v) is 4.41. The van der Waals surface area contributed by atoms with Crippen LogP contribution in [-0.4, -0.2) is 28.9 Å². The highest BCUT2D eigenvalue weighted by atomic mass is 19.1. The van der Waals surface area contributed by atoms with Crippen LogP contribution < -0.4 is 0 Å². The Morgan fingerprint density at radius 2 is 2.38 bits per heavy atom. The third-order valence-electron chi connectivity index (χ3n) is 2.68. The standard InChI is InChI=1S/C12H15FN2O/c1-8-3-9(2)7-15(6-8)12(16)11-4-10(13)5-14-11/h3-5,8,14H,6-7H2,1-2H3. The first-order chi connectivity index (χ1) is 7.56. The molecule has 3 nitrogen and oxygen atoms in total. The fraction of sp³-hybridized carbons (Fsp3) is 0.417. The molecular weight excluding hydrogens is 207 g/mol. The number of aromatic amines is 1. The van der Waals surface area contributed by atoms with E-state index < -0.39 is 5.82 Å². The van der Waals surface area contributed by atoms with Gasteiger partial charge in [0.05, 0.1) is 0 Å². The van der Waals surface area contributed by atoms with Gasteiger partial charge < -0.3 is 9.88 Å². The molecular formula is C12H15FN2O. The summed E-state index contributed by atoms with van der Waals surface area (Å²) in [5.41, 5.74) is 1.50. The maximum Gasteiger partial charge on any atom is 0.270 e. The van der Waals surface area contributed by atoms with E-state index in [4.69, 9.17) is 0 Å². The summed E-state index contributed by atoms with van der Waals surface area (Å²) in [6.07, 6.45) is 3.36. The summed E-state index contributed by atoms with van der Waals surface area (Å²) in [5, 5.41) is 0. The molecule has 0 fully saturated rings. The molecule has 0 saturated carbocycles. The highest BCUT2D eigenvalue weighted by Crippen LogP contribution is 2.16. The highest BCUT2D eigenvalue weighted by molar-refractivity contribution is 5.92. The van der Waals surface area contributed by atoms with E-state index in [0.717, 1.165) is 0 Å². The van der Waals surface area contributed by atoms with E-state index in [1.54, 1.807) is 4.90 Å². The molecule has 16 heavy (non-hydrogen) atoms. The molecule has 1 amide bonds. The van der Waals surface area contributed by atoms with Gasteiger partial charge >= 0.3 is 0 Å². The number of H-pyrrole nitrogens is 1. The largest absolute Gasteiger partial charge is 0.355 e. The zero-order valence-corrected chi connectivity index (χ0v) is 9.46. The molecule has 1 aromatic heterocycles. The first-order valence-corrected chi connectivity index (χ1v) is 5.37. The average Bonchev–Trinajstić information content (AvgIpc) is 2.62. The van der Waals surface area contributed by atoms with Gasteiger partial charge in [0.25, 0.3) is 5.91 Å². The molecule has 86 valence electrons. The van der Waals surface area contributed by atoms with E-state index in [9.17, 15) is 9.18 Å². The number of halogens is 1. The minimum Gasteiger partial charge on any atom is -0.355 e. The molecule has 2 rings (SSSR count). The van der Waals surface area contributed by atoms with E-state index in [0.29, 0.717) is 24.7 Å². The molecule has 2 heterocycles. The summed E-state index contributed by atoms with van der Waals surface area (Å²) >= 11 is 0. The van der Waals surface area contributed by atoms with Crippen molar-refractivity contribution >= 4 is 5.91 Å². The van der Waals surface area contributed by atoms with Gasteiger partial charge in [-0.25, -0.2) is 4.39 Å². The van der Waals surface area contributed by atoms with Crippen molar-refractivity contribution in [3.63, 3.8) is 0 Å². The van der Waals surface area contributed by atoms with Crippen molar-refractivity contribution in [2.75, 3.05) is 13.1 Å². The van der Waals surface area contributed by atoms with Crippen LogP contribution in [0.15, 0.2) is 23.9 Å². The van der Waals surface area contributed by atoms with Crippen LogP contribution in [-0.2, 0) is 0 Å². The molecule has 0 spiro atoms. The Kier molecular flexibility index (Phi) is 2.81. The van der Waals surface area contributed by atoms with Crippen LogP contribution in [0.3, 0.4) is 0 Å². The first kappa shape index (κ1) is 10.9. The van der Waals surface area contributed by atoms with Crippen LogP contribution in [0.1, 0.15) is 24.3 Å². The van der Waals surface area contributed by atoms with E-state index in [2.05, 4.69) is 18.0 Å². The van der Waals surface area contributed by atoms with Crippen LogP contribution in [0, 0.1) is 11.7 Å². The van der Waals surface area contributed by atoms with Crippen molar-refractivity contribution in [2.24, 2.45) is 5.92 Å². The molecule has 0 radical (unpaired) electrons. The van der Waals surface area contributed by atoms with Crippen LogP contribution in [0.2, 0.25) is 0 Å². The number of amides is 1. The quantitative estimate of drug-likeness (QED) is 0.726. The number of nitrogens with one attached hydrogen (secondary N) is 1. The molecule has 0 aromatic carbocycles. The predicted molar refractivity (Wildman–Crippen MR) is 59.6 cm³/mol. The minimum absolute atomic E-state index is 0.136. The Hall–Kier alpha value is -1.58. The third kappa shape index (κ3) is 2.15. The molecule has 1 aliphatic rings. The minimum atomic E-state index is -0.402. The van der Waals surface area contributed by atoms with Gasteiger partial charge in [0.15, 0.2) is 0 Å². The van der Waals surface area contributed by atoms with E-state index in [1.165, 1.54) is 17.8 Å². The van der Waals surface area contributed by atoms with Gasteiger partial charge in [-0.05, 0) is 12.8 Å². The molecule has 4 heteroatoms. The SMILES string of the molecule is CC1=CC(C)CN(C(=O)c2cc(F)c[nH]2)C1. The number of hydrogen-bond acceptors (Lipinski definition) is 1. The van der Waals surface area contributed by atoms with Crippen molar-refractivity contribution in [1.29, 1.82) is 0 Å². The van der Waals surface area contributed by atoms with Crippen molar-refractivity contribution in [3.05, 3.63) is 35.4 Å². The Balaban J connectivity index is 2.14. The topological polar surface area (TPSA) is 36.1 Å². The summed E-state index contributed by atoms with van der Waals surface area (Å²) in [5.74, 6) is -0.179. The van der Waals surface area contributed by atoms with Crippen LogP contribution >= 0.6 is 0 Å². The van der Waals surface area contributed by atoms with E-state index >= 15 is 0 Å². The lowest BCUT2D eigenvalue weighted by atomic mass is 10.0. The number of nitrogens with zero attached hydrogens (tertiary/aromatic N) is 1. The second kappa shape index (κ2) is 4.12. The smallest absolute Gasteiger partial charge is 0.270 e. The van der Waals surface area contributed by atoms with Gasteiger partial charge in [-0.3, -0.25) is 4.79 Å². The maximum atomic E-state index is 12.8. The predicted octanol–water partition coefficient (Wildman–Crippen LogP) is 2.19. The summed E-state index contributed by atoms with van der Waals surface area (Å²) in [6.45, 7) is 5.39. The molecule has 1 atom stereocenters. The monoisotopic (exact) mass is 222 g/mol. The number of carbonyl (C=O) groups excluding carboxylic acids is 1. The summed E-state index contributed by atoms with van der Waals surface area (Å²) in [4.78, 5) is 16.4. The zero-order valence-electron chi connectivity index (χ0n) is 9.46. The average molecular weight is 222 g/mol. The molecule has 0 bridgehead atoms. The Bertz CT molecular complexity index is 436. The van der Waals surface area contributed by atoms with Crippen molar-refractivity contribution in [2.45, 2.75) is 13.8 Å². The van der Waals surface area contributed by atoms with E-state index in [1.807, 2.05) is 6.92 Å². The van der Waals surface area contributed by atoms with Crippen LogP contribution in [0.4, 0.5) is 4.39 Å². The zero-order chi connectivity index (χ0) is 11.7. The molecule has 1 unspecified atom stereocenters. The molecule has 0 aliphatic carbocycles. The van der Waals surface area contributed by atoms with Crippen molar-refractivity contribution < 1.29 is 9.18 Å². The van der Waals surface area contributed by atoms with Gasteiger partial charge in [0.2, 0.25) is 0 Å². The number of rotatable bonds is 1. The van der Waals surface area contributed by atoms with E-state index in [-0.39, 0.29) is 5.91 Å². The lowest BCUT2D eigenvalue weighted by Gasteiger charge is -2.29. The number of aromatic nitrogens is 1. The number of hydrogen-bond donors (Lipinski definition) is 1. The third-order valence-corrected chi connectivity index (χ3v) is 2.68. The lowest BCUT2D eigenvalue weighted by Crippen LogP contribution is -2.38. The summed E-state index contributed by atoms with van der Waals surface area (Å²) in [7, 11) is 0. The van der Waals surface area contributed by atoms with Crippen molar-refractivity contribution in [3.8, 4) is 0 Å². The molecule has 0 saturated heterocycles. The Morgan fingerprint density at radius 3 is 2.94 bits per heavy atom. The van der Waals surface area contributed by atoms with Gasteiger partial charge in [0, 0.05) is 25.4 Å². The van der Waals surface area contributed by atoms with Gasteiger partial charge in [0.1, 0.15) is 11.5 Å². The van der Waals surface area contributed by atoms with Crippen LogP contribution in [0.5, 0.6) is 0 Å². The van der Waals surface area contributed by atoms with Crippen LogP contribution in [0.25, 0.3) is 0 Å². The molecule has 1 aliphatic heterocycles. The highest BCUT2D eigenvalue weighted by Gasteiger charge is 2.22. The second-order valence-electron chi connectivity index (χ2n) is 4.41. The summed E-state index contributed by atoms with van der Waals surface area (Å²) < 4.78 is 12.8.